The van der Waals surface area contributed by atoms with Gasteiger partial charge >= 0.3 is 6.03 Å². The third-order valence-corrected chi connectivity index (χ3v) is 5.68. The fourth-order valence-corrected chi connectivity index (χ4v) is 3.52. The number of phenols is 1. The number of carbonyl (C=O) groups is 2. The van der Waals surface area contributed by atoms with E-state index in [1.165, 1.54) is 10.7 Å². The van der Waals surface area contributed by atoms with Crippen molar-refractivity contribution >= 4 is 17.6 Å². The van der Waals surface area contributed by atoms with E-state index in [1.807, 2.05) is 51.1 Å². The summed E-state index contributed by atoms with van der Waals surface area (Å²) in [5, 5.41) is 20.8. The Balaban J connectivity index is 1.60. The minimum Gasteiger partial charge on any atom is -0.507 e. The number of benzene rings is 2. The number of nitrogens with one attached hydrogen (secondary N) is 2. The SMILES string of the molecule is Cc1ccccc1CNC(=O)n1nc(-c2cc(NC(=O)C(C)C)ccc2O)cc1C1CC1. The van der Waals surface area contributed by atoms with Gasteiger partial charge in [-0.2, -0.15) is 9.78 Å². The predicted molar refractivity (Wildman–Crippen MR) is 124 cm³/mol. The van der Waals surface area contributed by atoms with E-state index in [9.17, 15) is 14.7 Å². The summed E-state index contributed by atoms with van der Waals surface area (Å²) in [6, 6.07) is 14.3. The van der Waals surface area contributed by atoms with Crippen molar-refractivity contribution in [2.24, 2.45) is 5.92 Å². The average molecular weight is 433 g/mol. The first-order valence-corrected chi connectivity index (χ1v) is 10.9. The third-order valence-electron chi connectivity index (χ3n) is 5.68. The molecule has 0 bridgehead atoms. The molecule has 0 saturated heterocycles. The van der Waals surface area contributed by atoms with Crippen molar-refractivity contribution in [2.75, 3.05) is 5.32 Å². The Morgan fingerprint density at radius 2 is 1.91 bits per heavy atom. The van der Waals surface area contributed by atoms with Gasteiger partial charge in [-0.25, -0.2) is 4.79 Å². The molecule has 32 heavy (non-hydrogen) atoms. The van der Waals surface area contributed by atoms with Gasteiger partial charge in [0.05, 0.1) is 11.4 Å². The van der Waals surface area contributed by atoms with E-state index in [1.54, 1.807) is 12.1 Å². The Hall–Kier alpha value is -3.61. The summed E-state index contributed by atoms with van der Waals surface area (Å²) in [5.41, 5.74) is 4.53. The second-order valence-corrected chi connectivity index (χ2v) is 8.60. The molecule has 0 aliphatic heterocycles. The molecule has 0 radical (unpaired) electrons. The number of rotatable bonds is 6. The van der Waals surface area contributed by atoms with Gasteiger partial charge in [0, 0.05) is 29.6 Å². The highest BCUT2D eigenvalue weighted by atomic mass is 16.3. The van der Waals surface area contributed by atoms with Crippen LogP contribution in [0.5, 0.6) is 5.75 Å². The van der Waals surface area contributed by atoms with Crippen LogP contribution in [0.4, 0.5) is 10.5 Å². The van der Waals surface area contributed by atoms with Crippen molar-refractivity contribution in [3.8, 4) is 17.0 Å². The summed E-state index contributed by atoms with van der Waals surface area (Å²) in [6.07, 6.45) is 2.01. The van der Waals surface area contributed by atoms with Gasteiger partial charge in [0.15, 0.2) is 0 Å². The first-order valence-electron chi connectivity index (χ1n) is 10.9. The minimum atomic E-state index is -0.301. The van der Waals surface area contributed by atoms with Gasteiger partial charge in [0.1, 0.15) is 5.75 Å². The molecule has 4 rings (SSSR count). The number of hydrogen-bond donors (Lipinski definition) is 3. The zero-order valence-electron chi connectivity index (χ0n) is 18.6. The van der Waals surface area contributed by atoms with Gasteiger partial charge in [-0.1, -0.05) is 38.1 Å². The van der Waals surface area contributed by atoms with Crippen LogP contribution in [0.3, 0.4) is 0 Å². The molecule has 0 atom stereocenters. The van der Waals surface area contributed by atoms with Gasteiger partial charge in [-0.05, 0) is 55.2 Å². The Kier molecular flexibility index (Phi) is 5.99. The first-order chi connectivity index (χ1) is 15.3. The largest absolute Gasteiger partial charge is 0.507 e. The number of carbonyl (C=O) groups excluding carboxylic acids is 2. The summed E-state index contributed by atoms with van der Waals surface area (Å²) in [6.45, 7) is 6.05. The number of aromatic hydroxyl groups is 1. The number of hydrogen-bond acceptors (Lipinski definition) is 4. The van der Waals surface area contributed by atoms with Crippen LogP contribution in [0, 0.1) is 12.8 Å². The van der Waals surface area contributed by atoms with E-state index in [0.717, 1.165) is 29.7 Å². The lowest BCUT2D eigenvalue weighted by Gasteiger charge is -2.10. The summed E-state index contributed by atoms with van der Waals surface area (Å²) in [4.78, 5) is 25.0. The van der Waals surface area contributed by atoms with Crippen molar-refractivity contribution in [3.05, 3.63) is 65.4 Å². The van der Waals surface area contributed by atoms with Gasteiger partial charge in [-0.15, -0.1) is 0 Å². The molecular formula is C25H28N4O3. The van der Waals surface area contributed by atoms with Crippen LogP contribution in [-0.2, 0) is 11.3 Å². The molecular weight excluding hydrogens is 404 g/mol. The van der Waals surface area contributed by atoms with Gasteiger partial charge in [0.2, 0.25) is 5.91 Å². The van der Waals surface area contributed by atoms with Crippen LogP contribution in [-0.4, -0.2) is 26.8 Å². The smallest absolute Gasteiger partial charge is 0.342 e. The summed E-state index contributed by atoms with van der Waals surface area (Å²) in [5.74, 6) is 0.0533. The predicted octanol–water partition coefficient (Wildman–Crippen LogP) is 4.79. The molecule has 2 amide bonds. The molecule has 0 spiro atoms. The number of aromatic nitrogens is 2. The molecule has 1 aliphatic carbocycles. The Morgan fingerprint density at radius 3 is 2.59 bits per heavy atom. The van der Waals surface area contributed by atoms with E-state index in [2.05, 4.69) is 15.7 Å². The maximum absolute atomic E-state index is 13.0. The van der Waals surface area contributed by atoms with E-state index >= 15 is 0 Å². The zero-order chi connectivity index (χ0) is 22.8. The van der Waals surface area contributed by atoms with Crippen molar-refractivity contribution in [2.45, 2.75) is 46.1 Å². The molecule has 1 saturated carbocycles. The number of aryl methyl sites for hydroxylation is 1. The summed E-state index contributed by atoms with van der Waals surface area (Å²) >= 11 is 0. The zero-order valence-corrected chi connectivity index (χ0v) is 18.6. The van der Waals surface area contributed by atoms with E-state index in [-0.39, 0.29) is 29.5 Å². The lowest BCUT2D eigenvalue weighted by molar-refractivity contribution is -0.118. The number of nitrogens with zero attached hydrogens (tertiary/aromatic N) is 2. The number of amides is 2. The molecule has 1 aliphatic rings. The second kappa shape index (κ2) is 8.86. The second-order valence-electron chi connectivity index (χ2n) is 8.60. The highest BCUT2D eigenvalue weighted by Crippen LogP contribution is 2.42. The van der Waals surface area contributed by atoms with E-state index in [0.29, 0.717) is 23.5 Å². The van der Waals surface area contributed by atoms with Crippen LogP contribution < -0.4 is 10.6 Å². The molecule has 0 unspecified atom stereocenters. The summed E-state index contributed by atoms with van der Waals surface area (Å²) < 4.78 is 1.41. The molecule has 1 aromatic heterocycles. The lowest BCUT2D eigenvalue weighted by Crippen LogP contribution is -2.30. The van der Waals surface area contributed by atoms with Crippen LogP contribution in [0.2, 0.25) is 0 Å². The molecule has 3 N–H and O–H groups in total. The lowest BCUT2D eigenvalue weighted by atomic mass is 10.1. The molecule has 2 aromatic carbocycles. The van der Waals surface area contributed by atoms with Gasteiger partial charge in [-0.3, -0.25) is 4.79 Å². The van der Waals surface area contributed by atoms with Gasteiger partial charge < -0.3 is 15.7 Å². The quantitative estimate of drug-likeness (QED) is 0.488. The average Bonchev–Trinajstić information content (AvgIpc) is 3.52. The highest BCUT2D eigenvalue weighted by Gasteiger charge is 2.31. The van der Waals surface area contributed by atoms with Crippen molar-refractivity contribution in [3.63, 3.8) is 0 Å². The van der Waals surface area contributed by atoms with Crippen molar-refractivity contribution in [1.82, 2.24) is 15.1 Å². The Morgan fingerprint density at radius 1 is 1.16 bits per heavy atom. The Labute approximate surface area is 187 Å². The number of anilines is 1. The molecule has 7 heteroatoms. The molecule has 3 aromatic rings. The maximum Gasteiger partial charge on any atom is 0.342 e. The van der Waals surface area contributed by atoms with Gasteiger partial charge in [0.25, 0.3) is 0 Å². The van der Waals surface area contributed by atoms with Crippen LogP contribution in [0.15, 0.2) is 48.5 Å². The highest BCUT2D eigenvalue weighted by molar-refractivity contribution is 5.93. The third kappa shape index (κ3) is 4.66. The monoisotopic (exact) mass is 432 g/mol. The standard InChI is InChI=1S/C25H28N4O3/c1-15(2)24(31)27-19-10-11-23(30)20(12-19)21-13-22(17-8-9-17)29(28-21)25(32)26-14-18-7-5-4-6-16(18)3/h4-7,10-13,15,17,30H,8-9,14H2,1-3H3,(H,26,32)(H,27,31). The van der Waals surface area contributed by atoms with Crippen LogP contribution in [0.1, 0.15) is 49.4 Å². The van der Waals surface area contributed by atoms with Crippen LogP contribution in [0.25, 0.3) is 11.3 Å². The topological polar surface area (TPSA) is 96.3 Å². The first kappa shape index (κ1) is 21.6. The fourth-order valence-electron chi connectivity index (χ4n) is 3.52. The molecule has 1 heterocycles. The van der Waals surface area contributed by atoms with E-state index in [4.69, 9.17) is 0 Å². The van der Waals surface area contributed by atoms with E-state index < -0.39 is 0 Å². The maximum atomic E-state index is 13.0. The summed E-state index contributed by atoms with van der Waals surface area (Å²) in [7, 11) is 0. The minimum absolute atomic E-state index is 0.0415. The van der Waals surface area contributed by atoms with Crippen LogP contribution >= 0.6 is 0 Å². The molecule has 7 nitrogen and oxygen atoms in total. The Bertz CT molecular complexity index is 1160. The normalized spacial score (nSPS) is 13.2. The molecule has 1 fully saturated rings. The van der Waals surface area contributed by atoms with Crippen molar-refractivity contribution in [1.29, 1.82) is 0 Å². The van der Waals surface area contributed by atoms with Crippen molar-refractivity contribution < 1.29 is 14.7 Å². The number of phenolic OH excluding ortho intramolecular Hbond substituents is 1. The fraction of sp³-hybridized carbons (Fsp3) is 0.320. The molecule has 166 valence electrons.